The zero-order valence-electron chi connectivity index (χ0n) is 15.2. The molecule has 0 spiro atoms. The zero-order chi connectivity index (χ0) is 19.3. The fraction of sp³-hybridized carbons (Fsp3) is 0. The molecule has 0 aliphatic carbocycles. The van der Waals surface area contributed by atoms with Crippen LogP contribution in [0.25, 0.3) is 11.1 Å². The van der Waals surface area contributed by atoms with Crippen LogP contribution in [0.15, 0.2) is 117 Å². The van der Waals surface area contributed by atoms with Crippen molar-refractivity contribution in [1.29, 1.82) is 0 Å². The minimum absolute atomic E-state index is 0.790. The van der Waals surface area contributed by atoms with Crippen LogP contribution in [0, 0.1) is 0 Å². The lowest BCUT2D eigenvalue weighted by Gasteiger charge is -2.07. The standard InChI is InChI=1S/C24H20N2S2/c25-19-5-13-23(14-6-19)27-21-9-1-17(2-10-21)18-3-11-22(12-4-18)28-24-15-7-20(26)8-16-24/h1-16H,25-26H2. The van der Waals surface area contributed by atoms with Crippen molar-refractivity contribution < 1.29 is 0 Å². The molecule has 0 fully saturated rings. The molecule has 0 saturated heterocycles. The van der Waals surface area contributed by atoms with Gasteiger partial charge >= 0.3 is 0 Å². The van der Waals surface area contributed by atoms with E-state index >= 15 is 0 Å². The lowest BCUT2D eigenvalue weighted by atomic mass is 10.1. The molecule has 0 atom stereocenters. The van der Waals surface area contributed by atoms with E-state index in [1.54, 1.807) is 23.5 Å². The summed E-state index contributed by atoms with van der Waals surface area (Å²) in [6.07, 6.45) is 0. The van der Waals surface area contributed by atoms with Gasteiger partial charge in [-0.05, 0) is 83.9 Å². The monoisotopic (exact) mass is 400 g/mol. The van der Waals surface area contributed by atoms with Gasteiger partial charge in [0.2, 0.25) is 0 Å². The molecular weight excluding hydrogens is 380 g/mol. The van der Waals surface area contributed by atoms with Crippen molar-refractivity contribution >= 4 is 34.9 Å². The SMILES string of the molecule is Nc1ccc(Sc2ccc(-c3ccc(Sc4ccc(N)cc4)cc3)cc2)cc1. The van der Waals surface area contributed by atoms with Crippen molar-refractivity contribution in [3.05, 3.63) is 97.1 Å². The Morgan fingerprint density at radius 2 is 0.607 bits per heavy atom. The highest BCUT2D eigenvalue weighted by molar-refractivity contribution is 7.99. The van der Waals surface area contributed by atoms with Crippen LogP contribution < -0.4 is 11.5 Å². The molecule has 2 nitrogen and oxygen atoms in total. The first-order valence-electron chi connectivity index (χ1n) is 8.93. The van der Waals surface area contributed by atoms with Gasteiger partial charge in [-0.3, -0.25) is 0 Å². The van der Waals surface area contributed by atoms with Crippen LogP contribution in [0.4, 0.5) is 11.4 Å². The average Bonchev–Trinajstić information content (AvgIpc) is 2.73. The molecule has 4 aromatic carbocycles. The van der Waals surface area contributed by atoms with E-state index < -0.39 is 0 Å². The van der Waals surface area contributed by atoms with Crippen molar-refractivity contribution in [3.8, 4) is 11.1 Å². The van der Waals surface area contributed by atoms with E-state index in [1.807, 2.05) is 48.5 Å². The molecule has 4 heteroatoms. The van der Waals surface area contributed by atoms with E-state index in [0.717, 1.165) is 11.4 Å². The minimum Gasteiger partial charge on any atom is -0.399 e. The third-order valence-corrected chi connectivity index (χ3v) is 6.31. The molecule has 0 unspecified atom stereocenters. The molecule has 4 aromatic rings. The van der Waals surface area contributed by atoms with Gasteiger partial charge in [-0.2, -0.15) is 0 Å². The first-order chi connectivity index (χ1) is 13.7. The van der Waals surface area contributed by atoms with Crippen LogP contribution in [0.5, 0.6) is 0 Å². The van der Waals surface area contributed by atoms with Gasteiger partial charge in [0.15, 0.2) is 0 Å². The summed E-state index contributed by atoms with van der Waals surface area (Å²) in [5.74, 6) is 0. The average molecular weight is 401 g/mol. The number of rotatable bonds is 5. The summed E-state index contributed by atoms with van der Waals surface area (Å²) in [5, 5.41) is 0. The van der Waals surface area contributed by atoms with Gasteiger partial charge in [-0.25, -0.2) is 0 Å². The molecule has 138 valence electrons. The second-order valence-electron chi connectivity index (χ2n) is 6.39. The van der Waals surface area contributed by atoms with Gasteiger partial charge in [0.1, 0.15) is 0 Å². The number of nitrogens with two attached hydrogens (primary N) is 2. The molecule has 0 amide bonds. The number of nitrogen functional groups attached to an aromatic ring is 2. The quantitative estimate of drug-likeness (QED) is 0.361. The van der Waals surface area contributed by atoms with Gasteiger partial charge in [-0.15, -0.1) is 0 Å². The molecule has 4 rings (SSSR count). The Labute approximate surface area is 174 Å². The van der Waals surface area contributed by atoms with E-state index in [4.69, 9.17) is 11.5 Å². The molecular formula is C24H20N2S2. The minimum atomic E-state index is 0.790. The van der Waals surface area contributed by atoms with Crippen LogP contribution in [-0.4, -0.2) is 0 Å². The van der Waals surface area contributed by atoms with Crippen LogP contribution in [0.3, 0.4) is 0 Å². The Kier molecular flexibility index (Phi) is 5.60. The van der Waals surface area contributed by atoms with Gasteiger partial charge in [0.25, 0.3) is 0 Å². The van der Waals surface area contributed by atoms with Gasteiger partial charge < -0.3 is 11.5 Å². The van der Waals surface area contributed by atoms with Crippen molar-refractivity contribution in [2.24, 2.45) is 0 Å². The van der Waals surface area contributed by atoms with Gasteiger partial charge in [-0.1, -0.05) is 47.8 Å². The topological polar surface area (TPSA) is 52.0 Å². The van der Waals surface area contributed by atoms with Crippen LogP contribution in [-0.2, 0) is 0 Å². The lowest BCUT2D eigenvalue weighted by molar-refractivity contribution is 1.39. The van der Waals surface area contributed by atoms with E-state index in [2.05, 4.69) is 48.5 Å². The highest BCUT2D eigenvalue weighted by atomic mass is 32.2. The second kappa shape index (κ2) is 8.46. The van der Waals surface area contributed by atoms with E-state index in [-0.39, 0.29) is 0 Å². The first-order valence-corrected chi connectivity index (χ1v) is 10.6. The summed E-state index contributed by atoms with van der Waals surface area (Å²) < 4.78 is 0. The van der Waals surface area contributed by atoms with Crippen molar-refractivity contribution in [2.45, 2.75) is 19.6 Å². The predicted molar refractivity (Wildman–Crippen MR) is 122 cm³/mol. The predicted octanol–water partition coefficient (Wildman–Crippen LogP) is 6.82. The summed E-state index contributed by atoms with van der Waals surface area (Å²) in [6.45, 7) is 0. The number of hydrogen-bond acceptors (Lipinski definition) is 4. The lowest BCUT2D eigenvalue weighted by Crippen LogP contribution is -1.83. The maximum absolute atomic E-state index is 5.75. The fourth-order valence-electron chi connectivity index (χ4n) is 2.77. The van der Waals surface area contributed by atoms with E-state index in [9.17, 15) is 0 Å². The Hall–Kier alpha value is -2.82. The summed E-state index contributed by atoms with van der Waals surface area (Å²) in [5.41, 5.74) is 15.5. The summed E-state index contributed by atoms with van der Waals surface area (Å²) in [7, 11) is 0. The Balaban J connectivity index is 1.43. The summed E-state index contributed by atoms with van der Waals surface area (Å²) in [4.78, 5) is 4.80. The molecule has 0 aliphatic rings. The zero-order valence-corrected chi connectivity index (χ0v) is 16.8. The normalized spacial score (nSPS) is 10.7. The van der Waals surface area contributed by atoms with Crippen molar-refractivity contribution in [2.75, 3.05) is 11.5 Å². The van der Waals surface area contributed by atoms with Crippen molar-refractivity contribution in [3.63, 3.8) is 0 Å². The molecule has 0 saturated carbocycles. The van der Waals surface area contributed by atoms with Gasteiger partial charge in [0.05, 0.1) is 0 Å². The van der Waals surface area contributed by atoms with E-state index in [1.165, 1.54) is 30.7 Å². The summed E-state index contributed by atoms with van der Waals surface area (Å²) in [6, 6.07) is 33.2. The molecule has 28 heavy (non-hydrogen) atoms. The molecule has 0 aromatic heterocycles. The van der Waals surface area contributed by atoms with Crippen LogP contribution in [0.1, 0.15) is 0 Å². The van der Waals surface area contributed by atoms with Crippen LogP contribution >= 0.6 is 23.5 Å². The largest absolute Gasteiger partial charge is 0.399 e. The number of anilines is 2. The second-order valence-corrected chi connectivity index (χ2v) is 8.68. The number of hydrogen-bond donors (Lipinski definition) is 2. The molecule has 0 heterocycles. The Morgan fingerprint density at radius 3 is 0.893 bits per heavy atom. The third-order valence-electron chi connectivity index (χ3n) is 4.27. The molecule has 4 N–H and O–H groups in total. The van der Waals surface area contributed by atoms with Crippen LogP contribution in [0.2, 0.25) is 0 Å². The Bertz CT molecular complexity index is 951. The summed E-state index contributed by atoms with van der Waals surface area (Å²) >= 11 is 3.47. The highest BCUT2D eigenvalue weighted by Crippen LogP contribution is 2.32. The number of benzene rings is 4. The van der Waals surface area contributed by atoms with Crippen molar-refractivity contribution in [1.82, 2.24) is 0 Å². The maximum atomic E-state index is 5.75. The van der Waals surface area contributed by atoms with Gasteiger partial charge in [0, 0.05) is 31.0 Å². The fourth-order valence-corrected chi connectivity index (χ4v) is 4.41. The van der Waals surface area contributed by atoms with E-state index in [0.29, 0.717) is 0 Å². The Morgan fingerprint density at radius 1 is 0.357 bits per heavy atom. The molecule has 0 bridgehead atoms. The molecule has 0 radical (unpaired) electrons. The maximum Gasteiger partial charge on any atom is 0.0314 e. The highest BCUT2D eigenvalue weighted by Gasteiger charge is 2.02. The molecule has 0 aliphatic heterocycles. The third kappa shape index (κ3) is 4.71. The smallest absolute Gasteiger partial charge is 0.0314 e. The first kappa shape index (κ1) is 18.5.